The quantitative estimate of drug-likeness (QED) is 0.757. The number of benzene rings is 1. The number of nitrogens with zero attached hydrogens (tertiary/aromatic N) is 2. The zero-order valence-electron chi connectivity index (χ0n) is 16.6. The molecular weight excluding hydrogens is 381 g/mol. The van der Waals surface area contributed by atoms with E-state index in [1.807, 2.05) is 0 Å². The Labute approximate surface area is 168 Å². The maximum atomic E-state index is 12.9. The van der Waals surface area contributed by atoms with Gasteiger partial charge in [-0.2, -0.15) is 0 Å². The van der Waals surface area contributed by atoms with Gasteiger partial charge in [-0.1, -0.05) is 0 Å². The zero-order valence-corrected chi connectivity index (χ0v) is 16.6. The molecular formula is C20H24FN3O5. The lowest BCUT2D eigenvalue weighted by molar-refractivity contribution is 0.0881. The average molecular weight is 405 g/mol. The predicted octanol–water partition coefficient (Wildman–Crippen LogP) is 2.76. The average Bonchev–Trinajstić information content (AvgIpc) is 2.75. The van der Waals surface area contributed by atoms with Crippen LogP contribution in [-0.2, 0) is 0 Å². The van der Waals surface area contributed by atoms with Gasteiger partial charge in [-0.05, 0) is 37.8 Å². The second-order valence-electron chi connectivity index (χ2n) is 6.63. The van der Waals surface area contributed by atoms with Crippen LogP contribution in [0, 0.1) is 5.82 Å². The largest absolute Gasteiger partial charge is 0.493 e. The van der Waals surface area contributed by atoms with Gasteiger partial charge in [-0.15, -0.1) is 0 Å². The van der Waals surface area contributed by atoms with E-state index >= 15 is 0 Å². The maximum Gasteiger partial charge on any atom is 0.316 e. The number of carbonyl (C=O) groups is 1. The maximum absolute atomic E-state index is 12.9. The Balaban J connectivity index is 1.59. The minimum absolute atomic E-state index is 0.00860. The standard InChI is InChI=1S/C20H24FN3O5/c1-26-16-9-8-15(17(27-2)18(16)28-3)19(25)24-13-4-6-14(7-5-13)29-20-22-10-12(21)11-23-20/h8-11,13-14H,4-7H2,1-3H3,(H,24,25). The van der Waals surface area contributed by atoms with Crippen LogP contribution in [-0.4, -0.2) is 49.4 Å². The van der Waals surface area contributed by atoms with Gasteiger partial charge in [0.2, 0.25) is 5.75 Å². The zero-order chi connectivity index (χ0) is 20.8. The minimum Gasteiger partial charge on any atom is -0.493 e. The summed E-state index contributed by atoms with van der Waals surface area (Å²) in [6.45, 7) is 0. The van der Waals surface area contributed by atoms with E-state index in [9.17, 15) is 9.18 Å². The lowest BCUT2D eigenvalue weighted by Crippen LogP contribution is -2.40. The van der Waals surface area contributed by atoms with Crippen LogP contribution in [0.5, 0.6) is 23.3 Å². The Hall–Kier alpha value is -3.10. The molecule has 0 atom stereocenters. The van der Waals surface area contributed by atoms with E-state index in [-0.39, 0.29) is 24.1 Å². The van der Waals surface area contributed by atoms with E-state index in [1.165, 1.54) is 21.3 Å². The highest BCUT2D eigenvalue weighted by molar-refractivity contribution is 5.98. The lowest BCUT2D eigenvalue weighted by atomic mass is 9.92. The molecule has 1 amide bonds. The summed E-state index contributed by atoms with van der Waals surface area (Å²) in [7, 11) is 4.50. The summed E-state index contributed by atoms with van der Waals surface area (Å²) >= 11 is 0. The van der Waals surface area contributed by atoms with Crippen LogP contribution in [0.2, 0.25) is 0 Å². The molecule has 2 aromatic rings. The first-order valence-corrected chi connectivity index (χ1v) is 9.29. The Morgan fingerprint density at radius 1 is 1.00 bits per heavy atom. The van der Waals surface area contributed by atoms with E-state index in [1.54, 1.807) is 12.1 Å². The third kappa shape index (κ3) is 4.85. The monoisotopic (exact) mass is 405 g/mol. The number of aromatic nitrogens is 2. The Bertz CT molecular complexity index is 839. The number of hydrogen-bond acceptors (Lipinski definition) is 7. The molecule has 0 saturated heterocycles. The predicted molar refractivity (Wildman–Crippen MR) is 102 cm³/mol. The Morgan fingerprint density at radius 3 is 2.24 bits per heavy atom. The summed E-state index contributed by atoms with van der Waals surface area (Å²) in [6.07, 6.45) is 5.03. The van der Waals surface area contributed by atoms with Crippen LogP contribution in [0.1, 0.15) is 36.0 Å². The lowest BCUT2D eigenvalue weighted by Gasteiger charge is -2.29. The van der Waals surface area contributed by atoms with Crippen LogP contribution in [0.15, 0.2) is 24.5 Å². The van der Waals surface area contributed by atoms with Gasteiger partial charge >= 0.3 is 6.01 Å². The molecule has 156 valence electrons. The van der Waals surface area contributed by atoms with Crippen molar-refractivity contribution in [2.24, 2.45) is 0 Å². The number of amides is 1. The number of nitrogens with one attached hydrogen (secondary N) is 1. The number of methoxy groups -OCH3 is 3. The van der Waals surface area contributed by atoms with Gasteiger partial charge in [0, 0.05) is 6.04 Å². The van der Waals surface area contributed by atoms with E-state index < -0.39 is 5.82 Å². The van der Waals surface area contributed by atoms with Gasteiger partial charge in [0.05, 0.1) is 39.3 Å². The highest BCUT2D eigenvalue weighted by Gasteiger charge is 2.27. The Morgan fingerprint density at radius 2 is 1.66 bits per heavy atom. The van der Waals surface area contributed by atoms with E-state index in [2.05, 4.69) is 15.3 Å². The van der Waals surface area contributed by atoms with E-state index in [0.717, 1.165) is 38.1 Å². The summed E-state index contributed by atoms with van der Waals surface area (Å²) in [5.41, 5.74) is 0.378. The van der Waals surface area contributed by atoms with E-state index in [4.69, 9.17) is 18.9 Å². The summed E-state index contributed by atoms with van der Waals surface area (Å²) < 4.78 is 34.5. The second kappa shape index (κ2) is 9.40. The smallest absolute Gasteiger partial charge is 0.316 e. The fraction of sp³-hybridized carbons (Fsp3) is 0.450. The molecule has 9 heteroatoms. The molecule has 1 aromatic heterocycles. The van der Waals surface area contributed by atoms with E-state index in [0.29, 0.717) is 22.8 Å². The molecule has 0 bridgehead atoms. The van der Waals surface area contributed by atoms with Crippen molar-refractivity contribution in [1.29, 1.82) is 0 Å². The van der Waals surface area contributed by atoms with Gasteiger partial charge < -0.3 is 24.3 Å². The van der Waals surface area contributed by atoms with Gasteiger partial charge in [0.15, 0.2) is 17.3 Å². The summed E-state index contributed by atoms with van der Waals surface area (Å²) in [6, 6.07) is 3.49. The summed E-state index contributed by atoms with van der Waals surface area (Å²) in [4.78, 5) is 20.4. The van der Waals surface area contributed by atoms with Crippen molar-refractivity contribution in [2.75, 3.05) is 21.3 Å². The SMILES string of the molecule is COc1ccc(C(=O)NC2CCC(Oc3ncc(F)cn3)CC2)c(OC)c1OC. The summed E-state index contributed by atoms with van der Waals surface area (Å²) in [5, 5.41) is 3.04. The molecule has 8 nitrogen and oxygen atoms in total. The van der Waals surface area contributed by atoms with Crippen LogP contribution >= 0.6 is 0 Å². The van der Waals surface area contributed by atoms with Crippen molar-refractivity contribution < 1.29 is 28.1 Å². The van der Waals surface area contributed by atoms with Crippen LogP contribution in [0.25, 0.3) is 0 Å². The molecule has 1 fully saturated rings. The fourth-order valence-electron chi connectivity index (χ4n) is 3.38. The van der Waals surface area contributed by atoms with Crippen LogP contribution < -0.4 is 24.3 Å². The molecule has 3 rings (SSSR count). The second-order valence-corrected chi connectivity index (χ2v) is 6.63. The number of rotatable bonds is 7. The first-order valence-electron chi connectivity index (χ1n) is 9.29. The first kappa shape index (κ1) is 20.6. The number of carbonyl (C=O) groups excluding carboxylic acids is 1. The van der Waals surface area contributed by atoms with Gasteiger partial charge in [-0.3, -0.25) is 4.79 Å². The van der Waals surface area contributed by atoms with Crippen LogP contribution in [0.3, 0.4) is 0 Å². The van der Waals surface area contributed by atoms with Crippen molar-refractivity contribution in [3.05, 3.63) is 35.9 Å². The van der Waals surface area contributed by atoms with Gasteiger partial charge in [-0.25, -0.2) is 14.4 Å². The Kier molecular flexibility index (Phi) is 6.69. The van der Waals surface area contributed by atoms with Crippen molar-refractivity contribution >= 4 is 5.91 Å². The molecule has 0 spiro atoms. The normalized spacial score (nSPS) is 18.6. The first-order chi connectivity index (χ1) is 14.0. The number of hydrogen-bond donors (Lipinski definition) is 1. The molecule has 0 aliphatic heterocycles. The molecule has 1 aliphatic carbocycles. The number of halogens is 1. The van der Waals surface area contributed by atoms with Crippen molar-refractivity contribution in [2.45, 2.75) is 37.8 Å². The topological polar surface area (TPSA) is 91.8 Å². The van der Waals surface area contributed by atoms with Crippen LogP contribution in [0.4, 0.5) is 4.39 Å². The molecule has 1 saturated carbocycles. The highest BCUT2D eigenvalue weighted by atomic mass is 19.1. The molecule has 29 heavy (non-hydrogen) atoms. The van der Waals surface area contributed by atoms with Gasteiger partial charge in [0.1, 0.15) is 6.10 Å². The molecule has 0 unspecified atom stereocenters. The minimum atomic E-state index is -0.505. The summed E-state index contributed by atoms with van der Waals surface area (Å²) in [5.74, 6) is 0.443. The molecule has 0 radical (unpaired) electrons. The number of ether oxygens (including phenoxy) is 4. The molecule has 1 heterocycles. The van der Waals surface area contributed by atoms with Crippen molar-refractivity contribution in [1.82, 2.24) is 15.3 Å². The fourth-order valence-corrected chi connectivity index (χ4v) is 3.38. The molecule has 1 aromatic carbocycles. The van der Waals surface area contributed by atoms with Crippen molar-refractivity contribution in [3.63, 3.8) is 0 Å². The molecule has 1 N–H and O–H groups in total. The van der Waals surface area contributed by atoms with Crippen molar-refractivity contribution in [3.8, 4) is 23.3 Å². The van der Waals surface area contributed by atoms with Gasteiger partial charge in [0.25, 0.3) is 5.91 Å². The highest BCUT2D eigenvalue weighted by Crippen LogP contribution is 2.39. The molecule has 1 aliphatic rings. The third-order valence-electron chi connectivity index (χ3n) is 4.83. The third-order valence-corrected chi connectivity index (χ3v) is 4.83.